The van der Waals surface area contributed by atoms with Gasteiger partial charge >= 0.3 is 12.0 Å². The first kappa shape index (κ1) is 52.6. The van der Waals surface area contributed by atoms with E-state index in [1.54, 1.807) is 7.05 Å². The minimum atomic E-state index is -0.627. The highest BCUT2D eigenvalue weighted by Crippen LogP contribution is 2.20. The van der Waals surface area contributed by atoms with Gasteiger partial charge in [0, 0.05) is 20.0 Å². The molecule has 0 aromatic rings. The molecule has 0 aliphatic rings. The smallest absolute Gasteiger partial charge is 0.314 e. The topological polar surface area (TPSA) is 100 Å². The summed E-state index contributed by atoms with van der Waals surface area (Å²) >= 11 is 0. The second kappa shape index (κ2) is 42.8. The Morgan fingerprint density at radius 1 is 0.537 bits per heavy atom. The molecule has 0 aromatic heterocycles. The zero-order valence-corrected chi connectivity index (χ0v) is 36.6. The molecule has 0 saturated carbocycles. The molecular formula is C46H93N3O5. The van der Waals surface area contributed by atoms with Gasteiger partial charge in [0.2, 0.25) is 0 Å². The van der Waals surface area contributed by atoms with Gasteiger partial charge in [-0.1, -0.05) is 168 Å². The van der Waals surface area contributed by atoms with Crippen LogP contribution in [0, 0.1) is 0 Å². The van der Waals surface area contributed by atoms with Gasteiger partial charge in [0.15, 0.2) is 6.29 Å². The summed E-state index contributed by atoms with van der Waals surface area (Å²) in [6.45, 7) is 11.2. The molecule has 0 aliphatic heterocycles. The molecule has 0 radical (unpaired) electrons. The summed E-state index contributed by atoms with van der Waals surface area (Å²) in [6, 6.07) is -0.116. The molecule has 3 N–H and O–H groups in total. The lowest BCUT2D eigenvalue weighted by molar-refractivity contribution is -0.144. The van der Waals surface area contributed by atoms with Crippen molar-refractivity contribution in [3.63, 3.8) is 0 Å². The van der Waals surface area contributed by atoms with Gasteiger partial charge in [0.1, 0.15) is 0 Å². The fraction of sp³-hybridized carbons (Fsp3) is 0.957. The Hall–Kier alpha value is -1.38. The van der Waals surface area contributed by atoms with Gasteiger partial charge < -0.3 is 30.1 Å². The minimum absolute atomic E-state index is 0.0316. The van der Waals surface area contributed by atoms with E-state index in [0.717, 1.165) is 90.3 Å². The maximum atomic E-state index is 12.0. The third-order valence-electron chi connectivity index (χ3n) is 10.8. The standard InChI is InChI=1S/C46H93N3O5/c1-5-8-11-14-19-26-34-43(35-27-20-15-12-9-6-2)54-45(51)37-29-22-18-24-31-40-49(41-33-38-48-46(52)47-4)39-30-23-17-21-28-36-44(50)53-42-32-25-16-13-10-7-3/h43,45,51H,5-42H2,1-4H3,(H2,47,48,52). The van der Waals surface area contributed by atoms with Gasteiger partial charge in [-0.05, 0) is 77.4 Å². The van der Waals surface area contributed by atoms with E-state index in [4.69, 9.17) is 9.47 Å². The highest BCUT2D eigenvalue weighted by Gasteiger charge is 2.15. The number of rotatable bonds is 43. The lowest BCUT2D eigenvalue weighted by Crippen LogP contribution is -2.35. The number of amides is 2. The zero-order valence-electron chi connectivity index (χ0n) is 36.6. The van der Waals surface area contributed by atoms with Crippen LogP contribution >= 0.6 is 0 Å². The molecule has 0 spiro atoms. The van der Waals surface area contributed by atoms with E-state index in [2.05, 4.69) is 36.3 Å². The van der Waals surface area contributed by atoms with E-state index in [-0.39, 0.29) is 18.1 Å². The first-order chi connectivity index (χ1) is 26.5. The molecule has 322 valence electrons. The Morgan fingerprint density at radius 3 is 1.48 bits per heavy atom. The van der Waals surface area contributed by atoms with Crippen molar-refractivity contribution in [2.75, 3.05) is 39.8 Å². The number of ether oxygens (including phenoxy) is 2. The Kier molecular flexibility index (Phi) is 41.7. The normalized spacial score (nSPS) is 12.1. The van der Waals surface area contributed by atoms with Crippen molar-refractivity contribution in [1.29, 1.82) is 0 Å². The molecular weight excluding hydrogens is 675 g/mol. The number of nitrogens with zero attached hydrogens (tertiary/aromatic N) is 1. The van der Waals surface area contributed by atoms with Crippen LogP contribution in [0.1, 0.15) is 233 Å². The molecule has 1 unspecified atom stereocenters. The molecule has 0 aliphatic carbocycles. The lowest BCUT2D eigenvalue weighted by Gasteiger charge is -2.23. The summed E-state index contributed by atoms with van der Waals surface area (Å²) in [6.07, 6.45) is 38.1. The average molecular weight is 768 g/mol. The molecule has 0 bridgehead atoms. The number of nitrogens with one attached hydrogen (secondary N) is 2. The van der Waals surface area contributed by atoms with Gasteiger partial charge in [0.25, 0.3) is 0 Å². The summed E-state index contributed by atoms with van der Waals surface area (Å²) in [5.74, 6) is -0.0316. The SMILES string of the molecule is CCCCCCCCOC(=O)CCCCCCCN(CCCCCCCC(O)OC(CCCCCCCC)CCCCCCCC)CCCNC(=O)NC. The number of urea groups is 1. The molecule has 0 rings (SSSR count). The first-order valence-corrected chi connectivity index (χ1v) is 23.6. The van der Waals surface area contributed by atoms with E-state index in [1.807, 2.05) is 0 Å². The van der Waals surface area contributed by atoms with Crippen LogP contribution in [0.2, 0.25) is 0 Å². The van der Waals surface area contributed by atoms with Gasteiger partial charge in [-0.3, -0.25) is 4.79 Å². The van der Waals surface area contributed by atoms with Crippen molar-refractivity contribution < 1.29 is 24.2 Å². The lowest BCUT2D eigenvalue weighted by atomic mass is 10.0. The van der Waals surface area contributed by atoms with Crippen molar-refractivity contribution in [2.24, 2.45) is 0 Å². The maximum Gasteiger partial charge on any atom is 0.314 e. The van der Waals surface area contributed by atoms with Gasteiger partial charge in [-0.2, -0.15) is 0 Å². The number of esters is 1. The molecule has 54 heavy (non-hydrogen) atoms. The minimum Gasteiger partial charge on any atom is -0.466 e. The van der Waals surface area contributed by atoms with E-state index >= 15 is 0 Å². The van der Waals surface area contributed by atoms with Crippen molar-refractivity contribution >= 4 is 12.0 Å². The predicted molar refractivity (Wildman–Crippen MR) is 230 cm³/mol. The van der Waals surface area contributed by atoms with Crippen LogP contribution in [-0.2, 0) is 14.3 Å². The van der Waals surface area contributed by atoms with Crippen molar-refractivity contribution in [2.45, 2.75) is 245 Å². The first-order valence-electron chi connectivity index (χ1n) is 23.6. The molecule has 1 atom stereocenters. The highest BCUT2D eigenvalue weighted by atomic mass is 16.6. The van der Waals surface area contributed by atoms with Gasteiger partial charge in [-0.25, -0.2) is 4.79 Å². The fourth-order valence-corrected chi connectivity index (χ4v) is 7.26. The number of hydrogen-bond acceptors (Lipinski definition) is 6. The molecule has 0 heterocycles. The summed E-state index contributed by atoms with van der Waals surface area (Å²) in [7, 11) is 1.65. The zero-order chi connectivity index (χ0) is 39.6. The molecule has 8 heteroatoms. The van der Waals surface area contributed by atoms with Crippen LogP contribution in [0.15, 0.2) is 0 Å². The predicted octanol–water partition coefficient (Wildman–Crippen LogP) is 12.4. The quantitative estimate of drug-likeness (QED) is 0.0324. The Morgan fingerprint density at radius 2 is 0.963 bits per heavy atom. The second-order valence-corrected chi connectivity index (χ2v) is 16.1. The van der Waals surface area contributed by atoms with E-state index in [0.29, 0.717) is 19.6 Å². The maximum absolute atomic E-state index is 12.0. The van der Waals surface area contributed by atoms with E-state index in [1.165, 1.54) is 135 Å². The van der Waals surface area contributed by atoms with Crippen molar-refractivity contribution in [3.05, 3.63) is 0 Å². The Bertz CT molecular complexity index is 769. The molecule has 0 fully saturated rings. The third-order valence-corrected chi connectivity index (χ3v) is 10.8. The van der Waals surface area contributed by atoms with Crippen LogP contribution in [0.5, 0.6) is 0 Å². The molecule has 2 amide bonds. The average Bonchev–Trinajstić information content (AvgIpc) is 3.17. The number of unbranched alkanes of at least 4 members (excludes halogenated alkanes) is 23. The largest absolute Gasteiger partial charge is 0.466 e. The Labute approximate surface area is 335 Å². The third kappa shape index (κ3) is 38.9. The molecule has 8 nitrogen and oxygen atoms in total. The van der Waals surface area contributed by atoms with Crippen LogP contribution in [0.25, 0.3) is 0 Å². The summed E-state index contributed by atoms with van der Waals surface area (Å²) in [5, 5.41) is 16.3. The van der Waals surface area contributed by atoms with E-state index in [9.17, 15) is 14.7 Å². The number of carbonyl (C=O) groups is 2. The second-order valence-electron chi connectivity index (χ2n) is 16.1. The summed E-state index contributed by atoms with van der Waals surface area (Å²) in [4.78, 5) is 26.2. The van der Waals surface area contributed by atoms with Gasteiger partial charge in [-0.15, -0.1) is 0 Å². The van der Waals surface area contributed by atoms with E-state index < -0.39 is 6.29 Å². The molecule has 0 aromatic carbocycles. The number of aliphatic hydroxyl groups excluding tert-OH is 1. The number of hydrogen-bond donors (Lipinski definition) is 3. The van der Waals surface area contributed by atoms with Crippen molar-refractivity contribution in [1.82, 2.24) is 15.5 Å². The van der Waals surface area contributed by atoms with Crippen LogP contribution in [-0.4, -0.2) is 74.2 Å². The Balaban J connectivity index is 4.30. The van der Waals surface area contributed by atoms with Crippen LogP contribution in [0.4, 0.5) is 4.79 Å². The van der Waals surface area contributed by atoms with Gasteiger partial charge in [0.05, 0.1) is 12.7 Å². The fourth-order valence-electron chi connectivity index (χ4n) is 7.26. The molecule has 0 saturated heterocycles. The number of carbonyl (C=O) groups excluding carboxylic acids is 2. The summed E-state index contributed by atoms with van der Waals surface area (Å²) in [5.41, 5.74) is 0. The number of aliphatic hydroxyl groups is 1. The van der Waals surface area contributed by atoms with Crippen LogP contribution < -0.4 is 10.6 Å². The summed E-state index contributed by atoms with van der Waals surface area (Å²) < 4.78 is 11.7. The highest BCUT2D eigenvalue weighted by molar-refractivity contribution is 5.73. The monoisotopic (exact) mass is 768 g/mol. The van der Waals surface area contributed by atoms with Crippen LogP contribution in [0.3, 0.4) is 0 Å². The van der Waals surface area contributed by atoms with Crippen molar-refractivity contribution in [3.8, 4) is 0 Å².